The largest absolute Gasteiger partial charge is 0.347 e. The molecule has 1 heterocycles. The number of thioether (sulfide) groups is 1. The molecule has 1 atom stereocenters. The zero-order chi connectivity index (χ0) is 17.8. The van der Waals surface area contributed by atoms with E-state index in [2.05, 4.69) is 42.3 Å². The number of aryl methyl sites for hydroxylation is 3. The van der Waals surface area contributed by atoms with E-state index < -0.39 is 0 Å². The molecule has 0 aliphatic heterocycles. The minimum Gasteiger partial charge on any atom is -0.347 e. The maximum absolute atomic E-state index is 12.5. The lowest BCUT2D eigenvalue weighted by Gasteiger charge is -2.23. The van der Waals surface area contributed by atoms with Gasteiger partial charge >= 0.3 is 0 Å². The van der Waals surface area contributed by atoms with E-state index in [1.807, 2.05) is 19.1 Å². The fourth-order valence-electron chi connectivity index (χ4n) is 3.38. The number of hydrogen-bond donors (Lipinski definition) is 1. The highest BCUT2D eigenvalue weighted by Crippen LogP contribution is 2.28. The third-order valence-corrected chi connectivity index (χ3v) is 5.76. The van der Waals surface area contributed by atoms with Gasteiger partial charge in [-0.15, -0.1) is 11.8 Å². The second kappa shape index (κ2) is 8.05. The summed E-state index contributed by atoms with van der Waals surface area (Å²) in [5, 5.41) is 3.17. The van der Waals surface area contributed by atoms with Crippen LogP contribution in [0.1, 0.15) is 48.7 Å². The highest BCUT2D eigenvalue weighted by molar-refractivity contribution is 8.00. The SMILES string of the molecule is Cc1cccnc1C(NC(=O)CSc1ccc2c(c1)CCC2)C(C)C. The van der Waals surface area contributed by atoms with Crippen molar-refractivity contribution in [1.82, 2.24) is 10.3 Å². The summed E-state index contributed by atoms with van der Waals surface area (Å²) in [6.07, 6.45) is 5.41. The van der Waals surface area contributed by atoms with Crippen LogP contribution in [0.2, 0.25) is 0 Å². The summed E-state index contributed by atoms with van der Waals surface area (Å²) in [4.78, 5) is 18.2. The van der Waals surface area contributed by atoms with Crippen LogP contribution in [0.15, 0.2) is 41.4 Å². The van der Waals surface area contributed by atoms with Crippen LogP contribution in [0.25, 0.3) is 0 Å². The van der Waals surface area contributed by atoms with Gasteiger partial charge in [0.15, 0.2) is 0 Å². The van der Waals surface area contributed by atoms with Crippen LogP contribution in [0, 0.1) is 12.8 Å². The van der Waals surface area contributed by atoms with Crippen molar-refractivity contribution in [2.75, 3.05) is 5.75 Å². The summed E-state index contributed by atoms with van der Waals surface area (Å²) < 4.78 is 0. The van der Waals surface area contributed by atoms with Crippen LogP contribution in [0.3, 0.4) is 0 Å². The molecule has 1 N–H and O–H groups in total. The molecule has 132 valence electrons. The van der Waals surface area contributed by atoms with Crippen LogP contribution in [-0.4, -0.2) is 16.6 Å². The topological polar surface area (TPSA) is 42.0 Å². The van der Waals surface area contributed by atoms with Crippen molar-refractivity contribution in [3.05, 3.63) is 58.9 Å². The predicted octanol–water partition coefficient (Wildman–Crippen LogP) is 4.48. The number of carbonyl (C=O) groups is 1. The molecular formula is C21H26N2OS. The normalized spacial score (nSPS) is 14.4. The number of carbonyl (C=O) groups excluding carboxylic acids is 1. The Morgan fingerprint density at radius 1 is 1.24 bits per heavy atom. The Morgan fingerprint density at radius 2 is 2.04 bits per heavy atom. The zero-order valence-corrected chi connectivity index (χ0v) is 16.0. The highest BCUT2D eigenvalue weighted by atomic mass is 32.2. The summed E-state index contributed by atoms with van der Waals surface area (Å²) in [6.45, 7) is 6.28. The summed E-state index contributed by atoms with van der Waals surface area (Å²) in [5.74, 6) is 0.797. The van der Waals surface area contributed by atoms with Crippen molar-refractivity contribution in [2.45, 2.75) is 51.0 Å². The van der Waals surface area contributed by atoms with Gasteiger partial charge in [0.25, 0.3) is 0 Å². The molecule has 1 amide bonds. The molecule has 1 aromatic heterocycles. The van der Waals surface area contributed by atoms with Crippen molar-refractivity contribution >= 4 is 17.7 Å². The monoisotopic (exact) mass is 354 g/mol. The van der Waals surface area contributed by atoms with Crippen molar-refractivity contribution in [1.29, 1.82) is 0 Å². The first-order chi connectivity index (χ1) is 12.0. The second-order valence-corrected chi connectivity index (χ2v) is 8.12. The quantitative estimate of drug-likeness (QED) is 0.778. The molecule has 3 nitrogen and oxygen atoms in total. The molecule has 0 radical (unpaired) electrons. The number of pyridine rings is 1. The summed E-state index contributed by atoms with van der Waals surface area (Å²) in [7, 11) is 0. The number of amides is 1. The average Bonchev–Trinajstić information content (AvgIpc) is 3.06. The molecule has 4 heteroatoms. The van der Waals surface area contributed by atoms with Crippen molar-refractivity contribution in [3.63, 3.8) is 0 Å². The zero-order valence-electron chi connectivity index (χ0n) is 15.2. The molecule has 0 bridgehead atoms. The van der Waals surface area contributed by atoms with Gasteiger partial charge in [0.05, 0.1) is 17.5 Å². The number of nitrogens with zero attached hydrogens (tertiary/aromatic N) is 1. The van der Waals surface area contributed by atoms with Gasteiger partial charge in [0.2, 0.25) is 5.91 Å². The summed E-state index contributed by atoms with van der Waals surface area (Å²) >= 11 is 1.62. The smallest absolute Gasteiger partial charge is 0.230 e. The van der Waals surface area contributed by atoms with E-state index >= 15 is 0 Å². The van der Waals surface area contributed by atoms with E-state index in [0.717, 1.165) is 11.3 Å². The molecule has 0 saturated carbocycles. The summed E-state index contributed by atoms with van der Waals surface area (Å²) in [5.41, 5.74) is 5.01. The third-order valence-electron chi connectivity index (χ3n) is 4.77. The van der Waals surface area contributed by atoms with Gasteiger partial charge in [-0.1, -0.05) is 26.0 Å². The number of rotatable bonds is 6. The Morgan fingerprint density at radius 3 is 2.80 bits per heavy atom. The van der Waals surface area contributed by atoms with E-state index in [4.69, 9.17) is 0 Å². The van der Waals surface area contributed by atoms with Gasteiger partial charge in [-0.25, -0.2) is 0 Å². The van der Waals surface area contributed by atoms with Gasteiger partial charge in [-0.3, -0.25) is 9.78 Å². The van der Waals surface area contributed by atoms with Crippen molar-refractivity contribution < 1.29 is 4.79 Å². The molecule has 0 spiro atoms. The van der Waals surface area contributed by atoms with Crippen LogP contribution in [-0.2, 0) is 17.6 Å². The molecular weight excluding hydrogens is 328 g/mol. The van der Waals surface area contributed by atoms with E-state index in [0.29, 0.717) is 11.7 Å². The first-order valence-electron chi connectivity index (χ1n) is 9.00. The first-order valence-corrected chi connectivity index (χ1v) is 9.98. The van der Waals surface area contributed by atoms with Gasteiger partial charge < -0.3 is 5.32 Å². The minimum absolute atomic E-state index is 0.0469. The number of aromatic nitrogens is 1. The van der Waals surface area contributed by atoms with E-state index in [9.17, 15) is 4.79 Å². The van der Waals surface area contributed by atoms with Gasteiger partial charge in [-0.05, 0) is 67.0 Å². The Balaban J connectivity index is 1.61. The standard InChI is InChI=1S/C21H26N2OS/c1-14(2)20(21-15(3)6-5-11-22-21)23-19(24)13-25-18-10-9-16-7-4-8-17(16)12-18/h5-6,9-12,14,20H,4,7-8,13H2,1-3H3,(H,23,24). The van der Waals surface area contributed by atoms with Crippen LogP contribution in [0.5, 0.6) is 0 Å². The van der Waals surface area contributed by atoms with E-state index in [-0.39, 0.29) is 11.9 Å². The van der Waals surface area contributed by atoms with Crippen LogP contribution < -0.4 is 5.32 Å². The van der Waals surface area contributed by atoms with Crippen LogP contribution in [0.4, 0.5) is 0 Å². The number of fused-ring (bicyclic) bond motifs is 1. The molecule has 0 fully saturated rings. The molecule has 1 aliphatic rings. The lowest BCUT2D eigenvalue weighted by molar-refractivity contribution is -0.119. The molecule has 25 heavy (non-hydrogen) atoms. The van der Waals surface area contributed by atoms with E-state index in [1.54, 1.807) is 18.0 Å². The van der Waals surface area contributed by atoms with Crippen molar-refractivity contribution in [2.24, 2.45) is 5.92 Å². The lowest BCUT2D eigenvalue weighted by atomic mass is 9.97. The Labute approximate surface area is 154 Å². The predicted molar refractivity (Wildman–Crippen MR) is 104 cm³/mol. The minimum atomic E-state index is -0.0469. The number of benzene rings is 1. The molecule has 1 aromatic carbocycles. The number of hydrogen-bond acceptors (Lipinski definition) is 3. The molecule has 2 aromatic rings. The fraction of sp³-hybridized carbons (Fsp3) is 0.429. The molecule has 0 saturated heterocycles. The van der Waals surface area contributed by atoms with Crippen molar-refractivity contribution in [3.8, 4) is 0 Å². The van der Waals surface area contributed by atoms with Crippen LogP contribution >= 0.6 is 11.8 Å². The average molecular weight is 355 g/mol. The number of nitrogens with one attached hydrogen (secondary N) is 1. The highest BCUT2D eigenvalue weighted by Gasteiger charge is 2.21. The fourth-order valence-corrected chi connectivity index (χ4v) is 4.15. The van der Waals surface area contributed by atoms with E-state index in [1.165, 1.54) is 35.3 Å². The Hall–Kier alpha value is -1.81. The first kappa shape index (κ1) is 18.0. The Bertz CT molecular complexity index is 757. The lowest BCUT2D eigenvalue weighted by Crippen LogP contribution is -2.34. The summed E-state index contributed by atoms with van der Waals surface area (Å²) in [6, 6.07) is 10.5. The third kappa shape index (κ3) is 4.43. The molecule has 1 unspecified atom stereocenters. The van der Waals surface area contributed by atoms with Gasteiger partial charge in [0, 0.05) is 11.1 Å². The maximum Gasteiger partial charge on any atom is 0.230 e. The second-order valence-electron chi connectivity index (χ2n) is 7.07. The maximum atomic E-state index is 12.5. The van der Waals surface area contributed by atoms with Gasteiger partial charge in [0.1, 0.15) is 0 Å². The Kier molecular flexibility index (Phi) is 5.79. The van der Waals surface area contributed by atoms with Gasteiger partial charge in [-0.2, -0.15) is 0 Å². The molecule has 1 aliphatic carbocycles. The molecule has 3 rings (SSSR count).